The van der Waals surface area contributed by atoms with Gasteiger partial charge in [0.2, 0.25) is 0 Å². The van der Waals surface area contributed by atoms with Crippen LogP contribution in [0.1, 0.15) is 40.7 Å². The highest BCUT2D eigenvalue weighted by atomic mass is 19.4. The first kappa shape index (κ1) is 21.5. The summed E-state index contributed by atoms with van der Waals surface area (Å²) >= 11 is 0. The Morgan fingerprint density at radius 2 is 1.82 bits per heavy atom. The second-order valence-corrected chi connectivity index (χ2v) is 8.79. The first-order chi connectivity index (χ1) is 15.8. The van der Waals surface area contributed by atoms with Crippen LogP contribution >= 0.6 is 0 Å². The van der Waals surface area contributed by atoms with Gasteiger partial charge in [0.15, 0.2) is 0 Å². The van der Waals surface area contributed by atoms with Crippen LogP contribution in [0.2, 0.25) is 0 Å². The lowest BCUT2D eigenvalue weighted by molar-refractivity contribution is -0.137. The molecule has 7 heteroatoms. The predicted octanol–water partition coefficient (Wildman–Crippen LogP) is 5.93. The van der Waals surface area contributed by atoms with Crippen molar-refractivity contribution in [3.63, 3.8) is 0 Å². The first-order valence-electron chi connectivity index (χ1n) is 11.1. The second kappa shape index (κ2) is 8.21. The fourth-order valence-electron chi connectivity index (χ4n) is 5.27. The van der Waals surface area contributed by atoms with E-state index in [-0.39, 0.29) is 24.0 Å². The van der Waals surface area contributed by atoms with Gasteiger partial charge in [-0.1, -0.05) is 42.5 Å². The Morgan fingerprint density at radius 1 is 1.03 bits per heavy atom. The van der Waals surface area contributed by atoms with Crippen molar-refractivity contribution in [2.24, 2.45) is 0 Å². The molecule has 2 aliphatic heterocycles. The standard InChI is InChI=1S/C26H24F3N3O/c1-16-6-5-9-20(24(16)17-7-3-2-4-8-17)25(33)32-19-11-12-22(32)21(14-19)31-23-13-10-18(15-30-23)26(27,28)29/h2-10,13,15,19,21-22H,11-12,14H2,1H3,(H,30,31). The van der Waals surface area contributed by atoms with Gasteiger partial charge in [0.25, 0.3) is 5.91 Å². The van der Waals surface area contributed by atoms with E-state index in [1.54, 1.807) is 0 Å². The van der Waals surface area contributed by atoms with E-state index in [4.69, 9.17) is 0 Å². The fraction of sp³-hybridized carbons (Fsp3) is 0.308. The molecule has 3 aromatic rings. The van der Waals surface area contributed by atoms with E-state index in [1.165, 1.54) is 6.07 Å². The molecular weight excluding hydrogens is 427 g/mol. The van der Waals surface area contributed by atoms with Crippen molar-refractivity contribution in [1.29, 1.82) is 0 Å². The van der Waals surface area contributed by atoms with Gasteiger partial charge in [-0.05, 0) is 61.1 Å². The zero-order valence-electron chi connectivity index (χ0n) is 18.1. The van der Waals surface area contributed by atoms with E-state index in [1.807, 2.05) is 60.4 Å². The summed E-state index contributed by atoms with van der Waals surface area (Å²) in [5.41, 5.74) is 2.91. The van der Waals surface area contributed by atoms with Gasteiger partial charge in [-0.15, -0.1) is 0 Å². The Hall–Kier alpha value is -3.35. The normalized spacial score (nSPS) is 21.9. The summed E-state index contributed by atoms with van der Waals surface area (Å²) in [6.07, 6.45) is -1.02. The molecule has 3 unspecified atom stereocenters. The topological polar surface area (TPSA) is 45.2 Å². The third-order valence-electron chi connectivity index (χ3n) is 6.76. The largest absolute Gasteiger partial charge is 0.417 e. The zero-order valence-corrected chi connectivity index (χ0v) is 18.1. The SMILES string of the molecule is Cc1cccc(C(=O)N2C3CCC2C(Nc2ccc(C(F)(F)F)cn2)C3)c1-c1ccccc1. The molecular formula is C26H24F3N3O. The highest BCUT2D eigenvalue weighted by molar-refractivity contribution is 6.02. The van der Waals surface area contributed by atoms with Crippen molar-refractivity contribution in [2.45, 2.75) is 50.5 Å². The molecule has 33 heavy (non-hydrogen) atoms. The average molecular weight is 451 g/mol. The van der Waals surface area contributed by atoms with Crippen LogP contribution in [0.15, 0.2) is 66.9 Å². The minimum atomic E-state index is -4.41. The molecule has 2 aromatic carbocycles. The number of alkyl halides is 3. The van der Waals surface area contributed by atoms with Crippen molar-refractivity contribution in [3.05, 3.63) is 83.6 Å². The van der Waals surface area contributed by atoms with Crippen LogP contribution in [0.5, 0.6) is 0 Å². The van der Waals surface area contributed by atoms with Gasteiger partial charge in [-0.3, -0.25) is 4.79 Å². The number of nitrogens with one attached hydrogen (secondary N) is 1. The fourth-order valence-corrected chi connectivity index (χ4v) is 5.27. The molecule has 0 aliphatic carbocycles. The number of aromatic nitrogens is 1. The third kappa shape index (κ3) is 3.96. The molecule has 3 atom stereocenters. The molecule has 4 nitrogen and oxygen atoms in total. The Bertz CT molecular complexity index is 1160. The number of hydrogen-bond donors (Lipinski definition) is 1. The van der Waals surface area contributed by atoms with Crippen LogP contribution in [-0.4, -0.2) is 33.9 Å². The number of aryl methyl sites for hydroxylation is 1. The molecule has 0 radical (unpaired) electrons. The lowest BCUT2D eigenvalue weighted by Crippen LogP contribution is -2.40. The smallest absolute Gasteiger partial charge is 0.365 e. The molecule has 0 saturated carbocycles. The minimum absolute atomic E-state index is 0.00901. The molecule has 1 aromatic heterocycles. The molecule has 2 saturated heterocycles. The lowest BCUT2D eigenvalue weighted by Gasteiger charge is -2.26. The molecule has 2 aliphatic rings. The van der Waals surface area contributed by atoms with Crippen molar-refractivity contribution >= 4 is 11.7 Å². The monoisotopic (exact) mass is 451 g/mol. The lowest BCUT2D eigenvalue weighted by atomic mass is 9.94. The van der Waals surface area contributed by atoms with Crippen molar-refractivity contribution in [1.82, 2.24) is 9.88 Å². The maximum Gasteiger partial charge on any atom is 0.417 e. The summed E-state index contributed by atoms with van der Waals surface area (Å²) in [5, 5.41) is 3.27. The highest BCUT2D eigenvalue weighted by Crippen LogP contribution is 2.41. The van der Waals surface area contributed by atoms with Crippen LogP contribution in [-0.2, 0) is 6.18 Å². The number of anilines is 1. The van der Waals surface area contributed by atoms with E-state index in [0.29, 0.717) is 11.4 Å². The van der Waals surface area contributed by atoms with Gasteiger partial charge >= 0.3 is 6.18 Å². The molecule has 1 N–H and O–H groups in total. The molecule has 3 heterocycles. The van der Waals surface area contributed by atoms with E-state index < -0.39 is 11.7 Å². The average Bonchev–Trinajstić information content (AvgIpc) is 3.36. The van der Waals surface area contributed by atoms with Gasteiger partial charge < -0.3 is 10.2 Å². The number of carbonyl (C=O) groups is 1. The maximum atomic E-state index is 13.8. The highest BCUT2D eigenvalue weighted by Gasteiger charge is 2.49. The van der Waals surface area contributed by atoms with Crippen LogP contribution in [0.25, 0.3) is 11.1 Å². The van der Waals surface area contributed by atoms with Crippen LogP contribution < -0.4 is 5.32 Å². The Kier molecular flexibility index (Phi) is 5.35. The van der Waals surface area contributed by atoms with Gasteiger partial charge in [-0.2, -0.15) is 13.2 Å². The molecule has 2 bridgehead atoms. The van der Waals surface area contributed by atoms with Gasteiger partial charge in [0.1, 0.15) is 5.82 Å². The van der Waals surface area contributed by atoms with Crippen molar-refractivity contribution in [3.8, 4) is 11.1 Å². The Morgan fingerprint density at radius 3 is 2.52 bits per heavy atom. The number of carbonyl (C=O) groups excluding carboxylic acids is 1. The number of fused-ring (bicyclic) bond motifs is 2. The number of benzene rings is 2. The summed E-state index contributed by atoms with van der Waals surface area (Å²) in [6.45, 7) is 2.01. The molecule has 5 rings (SSSR count). The van der Waals surface area contributed by atoms with Crippen molar-refractivity contribution < 1.29 is 18.0 Å². The Balaban J connectivity index is 1.39. The maximum absolute atomic E-state index is 13.8. The van der Waals surface area contributed by atoms with Gasteiger partial charge in [0, 0.05) is 23.8 Å². The van der Waals surface area contributed by atoms with E-state index in [9.17, 15) is 18.0 Å². The summed E-state index contributed by atoms with van der Waals surface area (Å²) < 4.78 is 38.5. The summed E-state index contributed by atoms with van der Waals surface area (Å²) in [5.74, 6) is 0.406. The second-order valence-electron chi connectivity index (χ2n) is 8.79. The number of halogens is 3. The molecule has 2 fully saturated rings. The van der Waals surface area contributed by atoms with E-state index in [0.717, 1.165) is 48.2 Å². The summed E-state index contributed by atoms with van der Waals surface area (Å²) in [7, 11) is 0. The number of nitrogens with zero attached hydrogens (tertiary/aromatic N) is 2. The third-order valence-corrected chi connectivity index (χ3v) is 6.76. The van der Waals surface area contributed by atoms with Crippen LogP contribution in [0, 0.1) is 6.92 Å². The van der Waals surface area contributed by atoms with Gasteiger partial charge in [-0.25, -0.2) is 4.98 Å². The first-order valence-corrected chi connectivity index (χ1v) is 11.1. The molecule has 0 spiro atoms. The number of pyridine rings is 1. The van der Waals surface area contributed by atoms with Gasteiger partial charge in [0.05, 0.1) is 11.6 Å². The minimum Gasteiger partial charge on any atom is -0.365 e. The number of hydrogen-bond acceptors (Lipinski definition) is 3. The van der Waals surface area contributed by atoms with E-state index in [2.05, 4.69) is 10.3 Å². The van der Waals surface area contributed by atoms with Crippen LogP contribution in [0.3, 0.4) is 0 Å². The summed E-state index contributed by atoms with van der Waals surface area (Å²) in [6, 6.07) is 18.2. The number of rotatable bonds is 4. The van der Waals surface area contributed by atoms with E-state index >= 15 is 0 Å². The quantitative estimate of drug-likeness (QED) is 0.535. The number of amides is 1. The molecule has 1 amide bonds. The Labute approximate surface area is 190 Å². The van der Waals surface area contributed by atoms with Crippen molar-refractivity contribution in [2.75, 3.05) is 5.32 Å². The van der Waals surface area contributed by atoms with Crippen LogP contribution in [0.4, 0.5) is 19.0 Å². The molecule has 170 valence electrons. The zero-order chi connectivity index (χ0) is 23.2. The summed E-state index contributed by atoms with van der Waals surface area (Å²) in [4.78, 5) is 19.7. The predicted molar refractivity (Wildman–Crippen MR) is 121 cm³/mol.